The third kappa shape index (κ3) is 4.36. The molecule has 0 aliphatic carbocycles. The van der Waals surface area contributed by atoms with E-state index in [1.165, 1.54) is 6.20 Å². The zero-order chi connectivity index (χ0) is 17.7. The van der Waals surface area contributed by atoms with Crippen LogP contribution in [-0.4, -0.2) is 36.1 Å². The zero-order valence-corrected chi connectivity index (χ0v) is 14.7. The minimum Gasteiger partial charge on any atom is -0.372 e. The number of morpholine rings is 1. The van der Waals surface area contributed by atoms with Crippen LogP contribution in [0.1, 0.15) is 39.2 Å². The van der Waals surface area contributed by atoms with Gasteiger partial charge in [-0.2, -0.15) is 5.26 Å². The predicted octanol–water partition coefficient (Wildman–Crippen LogP) is 3.27. The van der Waals surface area contributed by atoms with Gasteiger partial charge in [0.1, 0.15) is 11.6 Å². The molecule has 0 spiro atoms. The molecule has 1 heterocycles. The first-order chi connectivity index (χ1) is 11.4. The molecule has 5 nitrogen and oxygen atoms in total. The summed E-state index contributed by atoms with van der Waals surface area (Å²) >= 11 is 0. The molecular formula is C19H25N3O2. The Morgan fingerprint density at radius 2 is 1.96 bits per heavy atom. The number of rotatable bonds is 4. The van der Waals surface area contributed by atoms with Crippen molar-refractivity contribution < 1.29 is 9.53 Å². The second-order valence-electron chi connectivity index (χ2n) is 6.52. The Balaban J connectivity index is 2.15. The second-order valence-corrected chi connectivity index (χ2v) is 6.52. The van der Waals surface area contributed by atoms with Crippen molar-refractivity contribution in [3.05, 3.63) is 41.6 Å². The molecule has 1 aliphatic heterocycles. The Morgan fingerprint density at radius 3 is 2.54 bits per heavy atom. The molecule has 0 radical (unpaired) electrons. The Hall–Kier alpha value is -2.32. The van der Waals surface area contributed by atoms with Gasteiger partial charge < -0.3 is 15.0 Å². The van der Waals surface area contributed by atoms with E-state index in [9.17, 15) is 10.1 Å². The fourth-order valence-electron chi connectivity index (χ4n) is 2.94. The number of benzene rings is 1. The SMILES string of the molecule is CC1CN(C(=O)/C(C#N)=C\Nc2ccccc2C(C)C)CC(C)O1. The molecule has 24 heavy (non-hydrogen) atoms. The van der Waals surface area contributed by atoms with Gasteiger partial charge in [0, 0.05) is 25.0 Å². The second kappa shape index (κ2) is 7.98. The Bertz CT molecular complexity index is 651. The summed E-state index contributed by atoms with van der Waals surface area (Å²) in [5.74, 6) is 0.0957. The molecule has 5 heteroatoms. The highest BCUT2D eigenvalue weighted by molar-refractivity contribution is 5.97. The summed E-state index contributed by atoms with van der Waals surface area (Å²) in [6.07, 6.45) is 1.47. The molecular weight excluding hydrogens is 302 g/mol. The molecule has 0 bridgehead atoms. The molecule has 1 aliphatic rings. The van der Waals surface area contributed by atoms with Crippen molar-refractivity contribution in [3.63, 3.8) is 0 Å². The number of ether oxygens (including phenoxy) is 1. The maximum Gasteiger partial charge on any atom is 0.266 e. The number of hydrogen-bond acceptors (Lipinski definition) is 4. The summed E-state index contributed by atoms with van der Waals surface area (Å²) in [7, 11) is 0. The van der Waals surface area contributed by atoms with E-state index in [4.69, 9.17) is 4.74 Å². The first-order valence-corrected chi connectivity index (χ1v) is 8.32. The van der Waals surface area contributed by atoms with Gasteiger partial charge in [-0.15, -0.1) is 0 Å². The standard InChI is InChI=1S/C19H25N3O2/c1-13(2)17-7-5-6-8-18(17)21-10-16(9-20)19(23)22-11-14(3)24-15(4)12-22/h5-8,10,13-15,21H,11-12H2,1-4H3/b16-10-. The van der Waals surface area contributed by atoms with E-state index in [-0.39, 0.29) is 23.7 Å². The summed E-state index contributed by atoms with van der Waals surface area (Å²) in [6.45, 7) is 9.09. The number of carbonyl (C=O) groups excluding carboxylic acids is 1. The number of hydrogen-bond donors (Lipinski definition) is 1. The molecule has 1 fully saturated rings. The highest BCUT2D eigenvalue weighted by Gasteiger charge is 2.27. The van der Waals surface area contributed by atoms with Crippen LogP contribution >= 0.6 is 0 Å². The van der Waals surface area contributed by atoms with Gasteiger partial charge in [0.2, 0.25) is 0 Å². The van der Waals surface area contributed by atoms with Gasteiger partial charge in [-0.3, -0.25) is 4.79 Å². The van der Waals surface area contributed by atoms with Gasteiger partial charge in [-0.1, -0.05) is 32.0 Å². The monoisotopic (exact) mass is 327 g/mol. The fourth-order valence-corrected chi connectivity index (χ4v) is 2.94. The van der Waals surface area contributed by atoms with Crippen molar-refractivity contribution in [1.82, 2.24) is 4.90 Å². The van der Waals surface area contributed by atoms with Crippen molar-refractivity contribution >= 4 is 11.6 Å². The molecule has 2 atom stereocenters. The first kappa shape index (κ1) is 18.0. The number of nitriles is 1. The van der Waals surface area contributed by atoms with E-state index in [1.807, 2.05) is 44.2 Å². The zero-order valence-electron chi connectivity index (χ0n) is 14.7. The number of nitrogens with one attached hydrogen (secondary N) is 1. The minimum atomic E-state index is -0.256. The molecule has 1 N–H and O–H groups in total. The van der Waals surface area contributed by atoms with Crippen molar-refractivity contribution in [3.8, 4) is 6.07 Å². The van der Waals surface area contributed by atoms with E-state index in [0.717, 1.165) is 11.3 Å². The van der Waals surface area contributed by atoms with Crippen LogP contribution in [-0.2, 0) is 9.53 Å². The predicted molar refractivity (Wildman–Crippen MR) is 94.4 cm³/mol. The lowest BCUT2D eigenvalue weighted by Gasteiger charge is -2.35. The molecule has 128 valence electrons. The van der Waals surface area contributed by atoms with Crippen molar-refractivity contribution in [1.29, 1.82) is 5.26 Å². The lowest BCUT2D eigenvalue weighted by molar-refractivity contribution is -0.138. The van der Waals surface area contributed by atoms with E-state index in [1.54, 1.807) is 4.90 Å². The summed E-state index contributed by atoms with van der Waals surface area (Å²) in [5, 5.41) is 12.5. The summed E-state index contributed by atoms with van der Waals surface area (Å²) in [4.78, 5) is 14.3. The Labute approximate surface area is 143 Å². The number of anilines is 1. The van der Waals surface area contributed by atoms with Crippen LogP contribution in [0.3, 0.4) is 0 Å². The van der Waals surface area contributed by atoms with Crippen LogP contribution in [0.15, 0.2) is 36.0 Å². The normalized spacial score (nSPS) is 21.5. The fraction of sp³-hybridized carbons (Fsp3) is 0.474. The molecule has 0 saturated carbocycles. The maximum atomic E-state index is 12.6. The van der Waals surface area contributed by atoms with Crippen molar-refractivity contribution in [2.75, 3.05) is 18.4 Å². The van der Waals surface area contributed by atoms with E-state index >= 15 is 0 Å². The topological polar surface area (TPSA) is 65.4 Å². The minimum absolute atomic E-state index is 0.0210. The number of nitrogens with zero attached hydrogens (tertiary/aromatic N) is 2. The number of para-hydroxylation sites is 1. The van der Waals surface area contributed by atoms with Crippen LogP contribution in [0, 0.1) is 11.3 Å². The Kier molecular flexibility index (Phi) is 5.99. The van der Waals surface area contributed by atoms with Crippen LogP contribution in [0.4, 0.5) is 5.69 Å². The third-order valence-electron chi connectivity index (χ3n) is 4.01. The van der Waals surface area contributed by atoms with Crippen molar-refractivity contribution in [2.24, 2.45) is 0 Å². The van der Waals surface area contributed by atoms with Gasteiger partial charge in [0.05, 0.1) is 12.2 Å². The molecule has 2 unspecified atom stereocenters. The van der Waals surface area contributed by atoms with Crippen LogP contribution < -0.4 is 5.32 Å². The summed E-state index contributed by atoms with van der Waals surface area (Å²) in [6, 6.07) is 9.92. The van der Waals surface area contributed by atoms with Crippen LogP contribution in [0.2, 0.25) is 0 Å². The average Bonchev–Trinajstić information content (AvgIpc) is 2.54. The lowest BCUT2D eigenvalue weighted by Crippen LogP contribution is -2.48. The van der Waals surface area contributed by atoms with Gasteiger partial charge in [0.15, 0.2) is 0 Å². The highest BCUT2D eigenvalue weighted by Crippen LogP contribution is 2.24. The van der Waals surface area contributed by atoms with Crippen LogP contribution in [0.5, 0.6) is 0 Å². The number of carbonyl (C=O) groups is 1. The van der Waals surface area contributed by atoms with E-state index in [0.29, 0.717) is 19.0 Å². The smallest absolute Gasteiger partial charge is 0.266 e. The third-order valence-corrected chi connectivity index (χ3v) is 4.01. The number of amides is 1. The van der Waals surface area contributed by atoms with Crippen molar-refractivity contribution in [2.45, 2.75) is 45.8 Å². The van der Waals surface area contributed by atoms with Gasteiger partial charge >= 0.3 is 0 Å². The molecule has 1 aromatic carbocycles. The molecule has 1 amide bonds. The summed E-state index contributed by atoms with van der Waals surface area (Å²) in [5.41, 5.74) is 2.17. The van der Waals surface area contributed by atoms with E-state index in [2.05, 4.69) is 19.2 Å². The maximum absolute atomic E-state index is 12.6. The Morgan fingerprint density at radius 1 is 1.33 bits per heavy atom. The quantitative estimate of drug-likeness (QED) is 0.681. The van der Waals surface area contributed by atoms with Crippen LogP contribution in [0.25, 0.3) is 0 Å². The first-order valence-electron chi connectivity index (χ1n) is 8.32. The highest BCUT2D eigenvalue weighted by atomic mass is 16.5. The van der Waals surface area contributed by atoms with Gasteiger partial charge in [0.25, 0.3) is 5.91 Å². The largest absolute Gasteiger partial charge is 0.372 e. The average molecular weight is 327 g/mol. The molecule has 2 rings (SSSR count). The van der Waals surface area contributed by atoms with Gasteiger partial charge in [-0.05, 0) is 31.4 Å². The molecule has 1 saturated heterocycles. The molecule has 0 aromatic heterocycles. The van der Waals surface area contributed by atoms with E-state index < -0.39 is 0 Å². The lowest BCUT2D eigenvalue weighted by atomic mass is 10.0. The molecule has 1 aromatic rings. The summed E-state index contributed by atoms with van der Waals surface area (Å²) < 4.78 is 5.64. The van der Waals surface area contributed by atoms with Gasteiger partial charge in [-0.25, -0.2) is 0 Å².